The Kier molecular flexibility index (Phi) is 5.90. The summed E-state index contributed by atoms with van der Waals surface area (Å²) in [4.78, 5) is 27.3. The normalized spacial score (nSPS) is 15.2. The molecule has 2 heterocycles. The van der Waals surface area contributed by atoms with Gasteiger partial charge >= 0.3 is 5.97 Å². The third kappa shape index (κ3) is 4.83. The molecule has 1 saturated heterocycles. The van der Waals surface area contributed by atoms with E-state index in [-0.39, 0.29) is 18.9 Å². The molecule has 1 aromatic carbocycles. The van der Waals surface area contributed by atoms with E-state index in [1.807, 2.05) is 24.3 Å². The van der Waals surface area contributed by atoms with Crippen LogP contribution in [0.25, 0.3) is 0 Å². The van der Waals surface area contributed by atoms with Gasteiger partial charge < -0.3 is 10.0 Å². The minimum atomic E-state index is -0.885. The number of halogens is 1. The van der Waals surface area contributed by atoms with Crippen molar-refractivity contribution in [3.63, 3.8) is 0 Å². The first-order valence-corrected chi connectivity index (χ1v) is 8.90. The van der Waals surface area contributed by atoms with Gasteiger partial charge in [-0.25, -0.2) is 0 Å². The monoisotopic (exact) mass is 376 g/mol. The van der Waals surface area contributed by atoms with Gasteiger partial charge in [-0.3, -0.25) is 19.2 Å². The molecule has 0 unspecified atom stereocenters. The molecule has 1 fully saturated rings. The second-order valence-corrected chi connectivity index (χ2v) is 6.74. The van der Waals surface area contributed by atoms with E-state index in [0.29, 0.717) is 18.8 Å². The predicted molar refractivity (Wildman–Crippen MR) is 97.1 cm³/mol. The zero-order valence-electron chi connectivity index (χ0n) is 14.3. The van der Waals surface area contributed by atoms with Gasteiger partial charge in [0.05, 0.1) is 13.0 Å². The van der Waals surface area contributed by atoms with Crippen LogP contribution >= 0.6 is 11.6 Å². The van der Waals surface area contributed by atoms with Crippen LogP contribution in [0.5, 0.6) is 0 Å². The molecule has 0 saturated carbocycles. The van der Waals surface area contributed by atoms with Gasteiger partial charge in [0.1, 0.15) is 5.69 Å². The van der Waals surface area contributed by atoms with Gasteiger partial charge in [0.15, 0.2) is 0 Å². The Labute approximate surface area is 156 Å². The molecule has 138 valence electrons. The van der Waals surface area contributed by atoms with Gasteiger partial charge in [0.25, 0.3) is 5.91 Å². The van der Waals surface area contributed by atoms with Crippen LogP contribution in [0.15, 0.2) is 36.5 Å². The molecular formula is C18H21ClN4O3. The number of aliphatic carboxylic acids is 1. The number of aryl methyl sites for hydroxylation is 1. The lowest BCUT2D eigenvalue weighted by molar-refractivity contribution is -0.137. The average molecular weight is 377 g/mol. The largest absolute Gasteiger partial charge is 0.481 e. The van der Waals surface area contributed by atoms with Gasteiger partial charge in [0.2, 0.25) is 0 Å². The smallest absolute Gasteiger partial charge is 0.305 e. The van der Waals surface area contributed by atoms with Gasteiger partial charge in [0, 0.05) is 43.9 Å². The second-order valence-electron chi connectivity index (χ2n) is 6.31. The molecule has 1 N–H and O–H groups in total. The van der Waals surface area contributed by atoms with E-state index in [9.17, 15) is 9.59 Å². The first-order chi connectivity index (χ1) is 12.5. The number of nitrogens with zero attached hydrogens (tertiary/aromatic N) is 4. The molecule has 1 amide bonds. The summed E-state index contributed by atoms with van der Waals surface area (Å²) in [5.74, 6) is -0.995. The summed E-state index contributed by atoms with van der Waals surface area (Å²) >= 11 is 6.02. The maximum atomic E-state index is 12.6. The molecule has 0 spiro atoms. The Morgan fingerprint density at radius 3 is 2.62 bits per heavy atom. The number of carbonyl (C=O) groups is 2. The lowest BCUT2D eigenvalue weighted by Crippen LogP contribution is -2.48. The average Bonchev–Trinajstić information content (AvgIpc) is 3.09. The van der Waals surface area contributed by atoms with Gasteiger partial charge in [-0.15, -0.1) is 0 Å². The number of carboxylic acids is 1. The van der Waals surface area contributed by atoms with Crippen LogP contribution in [-0.4, -0.2) is 62.7 Å². The van der Waals surface area contributed by atoms with E-state index in [2.05, 4.69) is 10.00 Å². The number of carbonyl (C=O) groups excluding carboxylic acids is 1. The molecule has 1 aliphatic heterocycles. The molecule has 1 aliphatic rings. The van der Waals surface area contributed by atoms with Crippen molar-refractivity contribution >= 4 is 23.5 Å². The molecular weight excluding hydrogens is 356 g/mol. The first-order valence-electron chi connectivity index (χ1n) is 8.52. The number of hydrogen-bond acceptors (Lipinski definition) is 4. The first kappa shape index (κ1) is 18.4. The highest BCUT2D eigenvalue weighted by Crippen LogP contribution is 2.14. The number of piperazine rings is 1. The van der Waals surface area contributed by atoms with Crippen LogP contribution < -0.4 is 0 Å². The highest BCUT2D eigenvalue weighted by molar-refractivity contribution is 6.30. The van der Waals surface area contributed by atoms with E-state index < -0.39 is 5.97 Å². The fourth-order valence-corrected chi connectivity index (χ4v) is 3.19. The van der Waals surface area contributed by atoms with Crippen molar-refractivity contribution in [2.45, 2.75) is 19.5 Å². The van der Waals surface area contributed by atoms with Crippen molar-refractivity contribution in [2.75, 3.05) is 26.2 Å². The maximum absolute atomic E-state index is 12.6. The SMILES string of the molecule is O=C(O)CCn1ccc(C(=O)N2CCN(Cc3cccc(Cl)c3)CC2)n1. The Morgan fingerprint density at radius 2 is 1.92 bits per heavy atom. The summed E-state index contributed by atoms with van der Waals surface area (Å²) in [6.07, 6.45) is 1.63. The number of aromatic nitrogens is 2. The molecule has 8 heteroatoms. The van der Waals surface area contributed by atoms with Crippen molar-refractivity contribution in [3.8, 4) is 0 Å². The van der Waals surface area contributed by atoms with E-state index in [4.69, 9.17) is 16.7 Å². The quantitative estimate of drug-likeness (QED) is 0.833. The van der Waals surface area contributed by atoms with E-state index >= 15 is 0 Å². The van der Waals surface area contributed by atoms with Gasteiger partial charge in [-0.05, 0) is 23.8 Å². The predicted octanol–water partition coefficient (Wildman–Crippen LogP) is 1.97. The van der Waals surface area contributed by atoms with Crippen LogP contribution in [0, 0.1) is 0 Å². The highest BCUT2D eigenvalue weighted by Gasteiger charge is 2.23. The third-order valence-corrected chi connectivity index (χ3v) is 4.60. The Hall–Kier alpha value is -2.38. The zero-order valence-corrected chi connectivity index (χ0v) is 15.1. The van der Waals surface area contributed by atoms with E-state index in [1.54, 1.807) is 17.2 Å². The molecule has 26 heavy (non-hydrogen) atoms. The summed E-state index contributed by atoms with van der Waals surface area (Å²) < 4.78 is 1.50. The van der Waals surface area contributed by atoms with Crippen LogP contribution in [-0.2, 0) is 17.9 Å². The van der Waals surface area contributed by atoms with Crippen molar-refractivity contribution in [3.05, 3.63) is 52.8 Å². The fourth-order valence-electron chi connectivity index (χ4n) is 2.98. The summed E-state index contributed by atoms with van der Waals surface area (Å²) in [6.45, 7) is 3.93. The molecule has 7 nitrogen and oxygen atoms in total. The number of hydrogen-bond donors (Lipinski definition) is 1. The van der Waals surface area contributed by atoms with Crippen molar-refractivity contribution in [1.82, 2.24) is 19.6 Å². The van der Waals surface area contributed by atoms with Crippen molar-refractivity contribution < 1.29 is 14.7 Å². The van der Waals surface area contributed by atoms with E-state index in [0.717, 1.165) is 30.2 Å². The molecule has 2 aromatic rings. The van der Waals surface area contributed by atoms with Crippen LogP contribution in [0.3, 0.4) is 0 Å². The maximum Gasteiger partial charge on any atom is 0.305 e. The van der Waals surface area contributed by atoms with Crippen molar-refractivity contribution in [1.29, 1.82) is 0 Å². The molecule has 1 aromatic heterocycles. The lowest BCUT2D eigenvalue weighted by Gasteiger charge is -2.34. The number of benzene rings is 1. The van der Waals surface area contributed by atoms with Crippen LogP contribution in [0.1, 0.15) is 22.5 Å². The Bertz CT molecular complexity index is 784. The minimum absolute atomic E-state index is 0.0164. The lowest BCUT2D eigenvalue weighted by atomic mass is 10.2. The van der Waals surface area contributed by atoms with Crippen molar-refractivity contribution in [2.24, 2.45) is 0 Å². The second kappa shape index (κ2) is 8.33. The molecule has 0 atom stereocenters. The molecule has 0 aliphatic carbocycles. The van der Waals surface area contributed by atoms with Crippen LogP contribution in [0.2, 0.25) is 5.02 Å². The summed E-state index contributed by atoms with van der Waals surface area (Å²) in [6, 6.07) is 9.45. The number of amides is 1. The van der Waals surface area contributed by atoms with Gasteiger partial charge in [-0.1, -0.05) is 23.7 Å². The Morgan fingerprint density at radius 1 is 1.15 bits per heavy atom. The standard InChI is InChI=1S/C18H21ClN4O3/c19-15-3-1-2-14(12-15)13-21-8-10-22(11-9-21)18(26)16-4-6-23(20-16)7-5-17(24)25/h1-4,6,12H,5,7-11,13H2,(H,24,25). The summed E-state index contributed by atoms with van der Waals surface area (Å²) in [5, 5.41) is 13.6. The number of rotatable bonds is 6. The van der Waals surface area contributed by atoms with Gasteiger partial charge in [-0.2, -0.15) is 5.10 Å². The topological polar surface area (TPSA) is 78.7 Å². The Balaban J connectivity index is 1.51. The summed E-state index contributed by atoms with van der Waals surface area (Å²) in [5.41, 5.74) is 1.52. The minimum Gasteiger partial charge on any atom is -0.481 e. The molecule has 0 radical (unpaired) electrons. The fraction of sp³-hybridized carbons (Fsp3) is 0.389. The third-order valence-electron chi connectivity index (χ3n) is 4.37. The zero-order chi connectivity index (χ0) is 18.5. The molecule has 0 bridgehead atoms. The highest BCUT2D eigenvalue weighted by atomic mass is 35.5. The summed E-state index contributed by atoms with van der Waals surface area (Å²) in [7, 11) is 0. The molecule has 3 rings (SSSR count). The van der Waals surface area contributed by atoms with E-state index in [1.165, 1.54) is 4.68 Å². The van der Waals surface area contributed by atoms with Crippen LogP contribution in [0.4, 0.5) is 0 Å². The number of carboxylic acid groups (broad SMARTS) is 1.